The van der Waals surface area contributed by atoms with Crippen LogP contribution in [0.25, 0.3) is 0 Å². The van der Waals surface area contributed by atoms with Gasteiger partial charge in [-0.3, -0.25) is 0 Å². The summed E-state index contributed by atoms with van der Waals surface area (Å²) in [6.45, 7) is 3.13. The maximum absolute atomic E-state index is 5.61. The van der Waals surface area contributed by atoms with Crippen LogP contribution in [-0.2, 0) is 0 Å². The van der Waals surface area contributed by atoms with E-state index >= 15 is 0 Å². The zero-order valence-corrected chi connectivity index (χ0v) is 10.6. The summed E-state index contributed by atoms with van der Waals surface area (Å²) in [5.41, 5.74) is 6.22. The summed E-state index contributed by atoms with van der Waals surface area (Å²) in [6, 6.07) is 0. The first-order valence-electron chi connectivity index (χ1n) is 5.48. The molecule has 0 fully saturated rings. The fourth-order valence-electron chi connectivity index (χ4n) is 1.49. The maximum Gasteiger partial charge on any atom is 0.157 e. The number of thiocarbonyl (C=S) groups is 1. The first-order chi connectivity index (χ1) is 7.66. The second-order valence-electron chi connectivity index (χ2n) is 3.72. The smallest absolute Gasteiger partial charge is 0.157 e. The molecule has 0 aromatic carbocycles. The van der Waals surface area contributed by atoms with Crippen LogP contribution >= 0.6 is 12.2 Å². The van der Waals surface area contributed by atoms with E-state index in [1.807, 2.05) is 7.05 Å². The van der Waals surface area contributed by atoms with Crippen LogP contribution in [0.3, 0.4) is 0 Å². The van der Waals surface area contributed by atoms with E-state index in [1.54, 1.807) is 12.4 Å². The molecule has 0 spiro atoms. The predicted molar refractivity (Wildman–Crippen MR) is 70.7 cm³/mol. The van der Waals surface area contributed by atoms with E-state index in [2.05, 4.69) is 21.8 Å². The molecule has 1 aromatic rings. The molecule has 16 heavy (non-hydrogen) atoms. The average Bonchev–Trinajstić information content (AvgIpc) is 2.29. The highest BCUT2D eigenvalue weighted by Crippen LogP contribution is 2.13. The number of nitrogens with zero attached hydrogens (tertiary/aromatic N) is 3. The monoisotopic (exact) mass is 238 g/mol. The average molecular weight is 238 g/mol. The van der Waals surface area contributed by atoms with Crippen molar-refractivity contribution in [3.63, 3.8) is 0 Å². The number of anilines is 1. The fraction of sp³-hybridized carbons (Fsp3) is 0.545. The normalized spacial score (nSPS) is 10.1. The Bertz CT molecular complexity index is 354. The lowest BCUT2D eigenvalue weighted by atomic mass is 10.2. The Hall–Kier alpha value is -1.23. The number of aromatic nitrogens is 2. The van der Waals surface area contributed by atoms with Crippen LogP contribution in [0.15, 0.2) is 12.4 Å². The highest BCUT2D eigenvalue weighted by Gasteiger charge is 2.11. The van der Waals surface area contributed by atoms with Crippen molar-refractivity contribution >= 4 is 23.0 Å². The van der Waals surface area contributed by atoms with Crippen LogP contribution in [0.1, 0.15) is 31.9 Å². The van der Waals surface area contributed by atoms with Crippen LogP contribution in [0.4, 0.5) is 5.82 Å². The van der Waals surface area contributed by atoms with E-state index in [4.69, 9.17) is 18.0 Å². The van der Waals surface area contributed by atoms with Crippen LogP contribution < -0.4 is 10.6 Å². The van der Waals surface area contributed by atoms with Gasteiger partial charge in [-0.2, -0.15) is 0 Å². The molecule has 1 heterocycles. The van der Waals surface area contributed by atoms with Gasteiger partial charge in [0.15, 0.2) is 5.82 Å². The number of hydrogen-bond acceptors (Lipinski definition) is 4. The molecular formula is C11H18N4S. The maximum atomic E-state index is 5.61. The van der Waals surface area contributed by atoms with E-state index in [0.29, 0.717) is 10.7 Å². The van der Waals surface area contributed by atoms with Gasteiger partial charge in [0.1, 0.15) is 10.7 Å². The van der Waals surface area contributed by atoms with Gasteiger partial charge in [-0.1, -0.05) is 32.0 Å². The van der Waals surface area contributed by atoms with Crippen molar-refractivity contribution in [3.05, 3.63) is 18.1 Å². The second-order valence-corrected chi connectivity index (χ2v) is 4.16. The van der Waals surface area contributed by atoms with Gasteiger partial charge in [-0.25, -0.2) is 9.97 Å². The molecule has 1 rings (SSSR count). The van der Waals surface area contributed by atoms with Gasteiger partial charge in [0.2, 0.25) is 0 Å². The second kappa shape index (κ2) is 6.37. The van der Waals surface area contributed by atoms with Crippen LogP contribution in [0, 0.1) is 0 Å². The van der Waals surface area contributed by atoms with E-state index in [9.17, 15) is 0 Å². The van der Waals surface area contributed by atoms with E-state index in [1.165, 1.54) is 12.8 Å². The summed E-state index contributed by atoms with van der Waals surface area (Å²) in [5, 5.41) is 0. The summed E-state index contributed by atoms with van der Waals surface area (Å²) < 4.78 is 0. The molecule has 5 heteroatoms. The first-order valence-corrected chi connectivity index (χ1v) is 5.89. The molecule has 0 radical (unpaired) electrons. The Kier molecular flexibility index (Phi) is 5.11. The SMILES string of the molecule is CCCCCN(C)c1nccnc1C(N)=S. The van der Waals surface area contributed by atoms with Gasteiger partial charge in [-0.05, 0) is 6.42 Å². The zero-order valence-electron chi connectivity index (χ0n) is 9.81. The van der Waals surface area contributed by atoms with Gasteiger partial charge in [0, 0.05) is 26.0 Å². The largest absolute Gasteiger partial charge is 0.388 e. The molecule has 0 bridgehead atoms. The molecule has 0 amide bonds. The molecule has 2 N–H and O–H groups in total. The summed E-state index contributed by atoms with van der Waals surface area (Å²) in [5.74, 6) is 0.770. The van der Waals surface area contributed by atoms with E-state index in [-0.39, 0.29) is 0 Å². The number of unbranched alkanes of at least 4 members (excludes halogenated alkanes) is 2. The molecular weight excluding hydrogens is 220 g/mol. The Morgan fingerprint density at radius 3 is 2.69 bits per heavy atom. The molecule has 0 atom stereocenters. The molecule has 1 aromatic heterocycles. The zero-order chi connectivity index (χ0) is 12.0. The molecule has 0 aliphatic heterocycles. The van der Waals surface area contributed by atoms with E-state index < -0.39 is 0 Å². The molecule has 0 aliphatic rings. The van der Waals surface area contributed by atoms with Crippen molar-refractivity contribution in [2.24, 2.45) is 5.73 Å². The highest BCUT2D eigenvalue weighted by molar-refractivity contribution is 7.80. The van der Waals surface area contributed by atoms with Crippen molar-refractivity contribution < 1.29 is 0 Å². The minimum atomic E-state index is 0.297. The molecule has 4 nitrogen and oxygen atoms in total. The van der Waals surface area contributed by atoms with Crippen molar-refractivity contribution in [2.75, 3.05) is 18.5 Å². The number of rotatable bonds is 6. The van der Waals surface area contributed by atoms with Crippen LogP contribution in [0.5, 0.6) is 0 Å². The minimum Gasteiger partial charge on any atom is -0.388 e. The summed E-state index contributed by atoms with van der Waals surface area (Å²) in [7, 11) is 1.99. The van der Waals surface area contributed by atoms with Gasteiger partial charge in [0.05, 0.1) is 0 Å². The molecule has 0 saturated heterocycles. The Balaban J connectivity index is 2.74. The highest BCUT2D eigenvalue weighted by atomic mass is 32.1. The Morgan fingerprint density at radius 1 is 1.38 bits per heavy atom. The van der Waals surface area contributed by atoms with Crippen LogP contribution in [-0.4, -0.2) is 28.5 Å². The van der Waals surface area contributed by atoms with Gasteiger partial charge < -0.3 is 10.6 Å². The summed E-state index contributed by atoms with van der Waals surface area (Å²) >= 11 is 4.95. The Morgan fingerprint density at radius 2 is 2.06 bits per heavy atom. The quantitative estimate of drug-likeness (QED) is 0.604. The molecule has 0 aliphatic carbocycles. The van der Waals surface area contributed by atoms with Gasteiger partial charge in [-0.15, -0.1) is 0 Å². The lowest BCUT2D eigenvalue weighted by Crippen LogP contribution is -2.25. The lowest BCUT2D eigenvalue weighted by molar-refractivity contribution is 0.700. The van der Waals surface area contributed by atoms with Crippen molar-refractivity contribution in [1.82, 2.24) is 9.97 Å². The fourth-order valence-corrected chi connectivity index (χ4v) is 1.63. The molecule has 88 valence electrons. The summed E-state index contributed by atoms with van der Waals surface area (Å²) in [4.78, 5) is 10.8. The topological polar surface area (TPSA) is 55.0 Å². The third kappa shape index (κ3) is 3.41. The number of hydrogen-bond donors (Lipinski definition) is 1. The van der Waals surface area contributed by atoms with Crippen molar-refractivity contribution in [1.29, 1.82) is 0 Å². The number of nitrogens with two attached hydrogens (primary N) is 1. The van der Waals surface area contributed by atoms with Crippen LogP contribution in [0.2, 0.25) is 0 Å². The molecule has 0 saturated carbocycles. The lowest BCUT2D eigenvalue weighted by Gasteiger charge is -2.19. The predicted octanol–water partition coefficient (Wildman–Crippen LogP) is 1.74. The summed E-state index contributed by atoms with van der Waals surface area (Å²) in [6.07, 6.45) is 6.83. The molecule has 0 unspecified atom stereocenters. The standard InChI is InChI=1S/C11H18N4S/c1-3-4-5-8-15(2)11-9(10(12)16)13-6-7-14-11/h6-7H,3-5,8H2,1-2H3,(H2,12,16). The Labute approximate surface area is 102 Å². The van der Waals surface area contributed by atoms with E-state index in [0.717, 1.165) is 18.8 Å². The van der Waals surface area contributed by atoms with Gasteiger partial charge in [0.25, 0.3) is 0 Å². The van der Waals surface area contributed by atoms with Crippen molar-refractivity contribution in [2.45, 2.75) is 26.2 Å². The third-order valence-corrected chi connectivity index (χ3v) is 2.56. The third-order valence-electron chi connectivity index (χ3n) is 2.37. The first kappa shape index (κ1) is 12.8. The van der Waals surface area contributed by atoms with Gasteiger partial charge >= 0.3 is 0 Å². The van der Waals surface area contributed by atoms with Crippen molar-refractivity contribution in [3.8, 4) is 0 Å². The minimum absolute atomic E-state index is 0.297.